The number of benzene rings is 2. The fourth-order valence-electron chi connectivity index (χ4n) is 2.65. The van der Waals surface area contributed by atoms with Crippen LogP contribution in [0.5, 0.6) is 5.75 Å². The number of aromatic nitrogens is 3. The van der Waals surface area contributed by atoms with Gasteiger partial charge in [-0.3, -0.25) is 0 Å². The number of ether oxygens (including phenoxy) is 1. The van der Waals surface area contributed by atoms with Gasteiger partial charge in [0.1, 0.15) is 5.75 Å². The quantitative estimate of drug-likeness (QED) is 0.732. The van der Waals surface area contributed by atoms with Gasteiger partial charge in [-0.15, -0.1) is 10.2 Å². The highest BCUT2D eigenvalue weighted by Crippen LogP contribution is 2.32. The van der Waals surface area contributed by atoms with Gasteiger partial charge < -0.3 is 4.74 Å². The minimum Gasteiger partial charge on any atom is -0.497 e. The summed E-state index contributed by atoms with van der Waals surface area (Å²) >= 11 is 1.67. The minimum absolute atomic E-state index is 0.207. The molecule has 1 aliphatic heterocycles. The molecule has 2 aromatic carbocycles. The van der Waals surface area contributed by atoms with Gasteiger partial charge >= 0.3 is 0 Å². The molecule has 5 nitrogen and oxygen atoms in total. The minimum atomic E-state index is 0.207. The van der Waals surface area contributed by atoms with E-state index in [1.165, 1.54) is 0 Å². The molecular weight excluding hydrogens is 320 g/mol. The van der Waals surface area contributed by atoms with Crippen LogP contribution in [0.15, 0.2) is 64.9 Å². The van der Waals surface area contributed by atoms with E-state index in [9.17, 15) is 0 Å². The second-order valence-electron chi connectivity index (χ2n) is 5.46. The summed E-state index contributed by atoms with van der Waals surface area (Å²) in [6, 6.07) is 18.0. The van der Waals surface area contributed by atoms with E-state index < -0.39 is 0 Å². The Hall–Kier alpha value is -2.60. The molecule has 24 heavy (non-hydrogen) atoms. The summed E-state index contributed by atoms with van der Waals surface area (Å²) in [5, 5.41) is 14.5. The van der Waals surface area contributed by atoms with Crippen molar-refractivity contribution in [3.8, 4) is 17.1 Å². The summed E-state index contributed by atoms with van der Waals surface area (Å²) < 4.78 is 7.07. The molecule has 120 valence electrons. The third-order valence-corrected chi connectivity index (χ3v) is 4.95. The summed E-state index contributed by atoms with van der Waals surface area (Å²) in [5.74, 6) is 1.60. The van der Waals surface area contributed by atoms with Crippen LogP contribution in [0.3, 0.4) is 0 Å². The van der Waals surface area contributed by atoms with Gasteiger partial charge in [0.2, 0.25) is 5.16 Å². The first-order valence-corrected chi connectivity index (χ1v) is 8.55. The molecule has 2 heterocycles. The molecule has 3 aromatic rings. The van der Waals surface area contributed by atoms with Crippen LogP contribution in [-0.4, -0.2) is 32.9 Å². The van der Waals surface area contributed by atoms with Crippen LogP contribution in [0.2, 0.25) is 0 Å². The van der Waals surface area contributed by atoms with E-state index in [-0.39, 0.29) is 5.25 Å². The van der Waals surface area contributed by atoms with Crippen molar-refractivity contribution in [1.82, 2.24) is 14.9 Å². The van der Waals surface area contributed by atoms with Crippen LogP contribution in [0.4, 0.5) is 0 Å². The van der Waals surface area contributed by atoms with E-state index in [2.05, 4.69) is 17.1 Å². The fourth-order valence-corrected chi connectivity index (χ4v) is 3.58. The lowest BCUT2D eigenvalue weighted by molar-refractivity contribution is 0.415. The van der Waals surface area contributed by atoms with Crippen LogP contribution >= 0.6 is 11.8 Å². The molecule has 0 saturated heterocycles. The van der Waals surface area contributed by atoms with Crippen LogP contribution < -0.4 is 4.74 Å². The second-order valence-corrected chi connectivity index (χ2v) is 6.77. The normalized spacial score (nSPS) is 16.4. The topological polar surface area (TPSA) is 52.3 Å². The highest BCUT2D eigenvalue weighted by molar-refractivity contribution is 8.00. The monoisotopic (exact) mass is 336 g/mol. The molecule has 0 bridgehead atoms. The Balaban J connectivity index is 1.79. The number of rotatable bonds is 3. The molecule has 0 fully saturated rings. The third-order valence-electron chi connectivity index (χ3n) is 3.90. The zero-order valence-corrected chi connectivity index (χ0v) is 14.2. The lowest BCUT2D eigenvalue weighted by atomic mass is 10.1. The van der Waals surface area contributed by atoms with E-state index in [1.807, 2.05) is 59.3 Å². The Morgan fingerprint density at radius 1 is 0.958 bits per heavy atom. The van der Waals surface area contributed by atoms with Crippen molar-refractivity contribution in [3.63, 3.8) is 0 Å². The SMILES string of the molecule is COc1ccc(C2=Nn3c(nnc3-c3ccccc3)SC2C)cc1. The van der Waals surface area contributed by atoms with Crippen molar-refractivity contribution in [1.29, 1.82) is 0 Å². The van der Waals surface area contributed by atoms with Crippen LogP contribution in [0.25, 0.3) is 11.4 Å². The summed E-state index contributed by atoms with van der Waals surface area (Å²) in [7, 11) is 1.67. The Kier molecular flexibility index (Phi) is 3.82. The Morgan fingerprint density at radius 3 is 2.42 bits per heavy atom. The molecule has 6 heteroatoms. The van der Waals surface area contributed by atoms with Crippen molar-refractivity contribution in [2.45, 2.75) is 17.3 Å². The maximum absolute atomic E-state index is 5.23. The third kappa shape index (κ3) is 2.59. The Morgan fingerprint density at radius 2 is 1.71 bits per heavy atom. The number of hydrogen-bond acceptors (Lipinski definition) is 5. The lowest BCUT2D eigenvalue weighted by Crippen LogP contribution is -2.21. The van der Waals surface area contributed by atoms with Gasteiger partial charge in [0.15, 0.2) is 5.82 Å². The van der Waals surface area contributed by atoms with Crippen molar-refractivity contribution in [2.75, 3.05) is 7.11 Å². The van der Waals surface area contributed by atoms with Gasteiger partial charge in [-0.2, -0.15) is 9.78 Å². The summed E-state index contributed by atoms with van der Waals surface area (Å²) in [6.07, 6.45) is 0. The van der Waals surface area contributed by atoms with Crippen LogP contribution in [-0.2, 0) is 0 Å². The lowest BCUT2D eigenvalue weighted by Gasteiger charge is -2.20. The van der Waals surface area contributed by atoms with E-state index >= 15 is 0 Å². The predicted octanol–water partition coefficient (Wildman–Crippen LogP) is 3.70. The summed E-state index contributed by atoms with van der Waals surface area (Å²) in [6.45, 7) is 2.13. The number of fused-ring (bicyclic) bond motifs is 1. The van der Waals surface area contributed by atoms with Crippen molar-refractivity contribution in [2.24, 2.45) is 5.10 Å². The average molecular weight is 336 g/mol. The molecule has 4 rings (SSSR count). The summed E-state index contributed by atoms with van der Waals surface area (Å²) in [4.78, 5) is 0. The van der Waals surface area contributed by atoms with Crippen molar-refractivity contribution >= 4 is 17.5 Å². The predicted molar refractivity (Wildman–Crippen MR) is 95.7 cm³/mol. The van der Waals surface area contributed by atoms with E-state index in [0.29, 0.717) is 0 Å². The molecular formula is C18H16N4OS. The Labute approximate surface area is 144 Å². The van der Waals surface area contributed by atoms with Gasteiger partial charge in [0.05, 0.1) is 18.1 Å². The average Bonchev–Trinajstić information content (AvgIpc) is 3.04. The molecule has 1 atom stereocenters. The van der Waals surface area contributed by atoms with Crippen LogP contribution in [0.1, 0.15) is 12.5 Å². The van der Waals surface area contributed by atoms with Gasteiger partial charge in [0, 0.05) is 5.56 Å². The zero-order chi connectivity index (χ0) is 16.5. The molecule has 1 unspecified atom stereocenters. The molecule has 0 N–H and O–H groups in total. The van der Waals surface area contributed by atoms with E-state index in [1.54, 1.807) is 18.9 Å². The second kappa shape index (κ2) is 6.13. The first-order chi connectivity index (χ1) is 11.8. The van der Waals surface area contributed by atoms with Gasteiger partial charge in [-0.25, -0.2) is 0 Å². The number of nitrogens with zero attached hydrogens (tertiary/aromatic N) is 4. The zero-order valence-electron chi connectivity index (χ0n) is 13.4. The molecule has 1 aliphatic rings. The highest BCUT2D eigenvalue weighted by atomic mass is 32.2. The molecule has 1 aromatic heterocycles. The largest absolute Gasteiger partial charge is 0.497 e. The maximum Gasteiger partial charge on any atom is 0.213 e. The van der Waals surface area contributed by atoms with Gasteiger partial charge in [0.25, 0.3) is 0 Å². The maximum atomic E-state index is 5.23. The molecule has 0 spiro atoms. The molecule has 0 amide bonds. The molecule has 0 saturated carbocycles. The molecule has 0 radical (unpaired) electrons. The molecule has 0 aliphatic carbocycles. The van der Waals surface area contributed by atoms with E-state index in [0.717, 1.165) is 33.6 Å². The van der Waals surface area contributed by atoms with Gasteiger partial charge in [-0.1, -0.05) is 42.1 Å². The number of methoxy groups -OCH3 is 1. The smallest absolute Gasteiger partial charge is 0.213 e. The standard InChI is InChI=1S/C18H16N4OS/c1-12-16(13-8-10-15(23-2)11-9-13)21-22-17(19-20-18(22)24-12)14-6-4-3-5-7-14/h3-12H,1-2H3. The highest BCUT2D eigenvalue weighted by Gasteiger charge is 2.26. The first kappa shape index (κ1) is 15.0. The van der Waals surface area contributed by atoms with Gasteiger partial charge in [-0.05, 0) is 36.8 Å². The number of hydrogen-bond donors (Lipinski definition) is 0. The number of thioether (sulfide) groups is 1. The van der Waals surface area contributed by atoms with Crippen molar-refractivity contribution in [3.05, 3.63) is 60.2 Å². The summed E-state index contributed by atoms with van der Waals surface area (Å²) in [5.41, 5.74) is 3.09. The van der Waals surface area contributed by atoms with E-state index in [4.69, 9.17) is 9.84 Å². The van der Waals surface area contributed by atoms with Crippen LogP contribution in [0, 0.1) is 0 Å². The fraction of sp³-hybridized carbons (Fsp3) is 0.167. The Bertz CT molecular complexity index is 887. The first-order valence-electron chi connectivity index (χ1n) is 7.67. The van der Waals surface area contributed by atoms with Crippen molar-refractivity contribution < 1.29 is 4.74 Å².